The number of carbonyl (C=O) groups is 4. The third-order valence-corrected chi connectivity index (χ3v) is 5.69. The molecule has 8 heteroatoms. The monoisotopic (exact) mass is 451 g/mol. The molecule has 1 fully saturated rings. The average molecular weight is 452 g/mol. The molecule has 1 aliphatic heterocycles. The summed E-state index contributed by atoms with van der Waals surface area (Å²) in [5, 5.41) is 11.7. The van der Waals surface area contributed by atoms with Crippen LogP contribution in [0.5, 0.6) is 0 Å². The third-order valence-electron chi connectivity index (χ3n) is 5.69. The highest BCUT2D eigenvalue weighted by Gasteiger charge is 2.48. The van der Waals surface area contributed by atoms with E-state index in [1.165, 1.54) is 0 Å². The van der Waals surface area contributed by atoms with Crippen LogP contribution in [-0.2, 0) is 22.4 Å². The number of hydrogen-bond donors (Lipinski definition) is 3. The second-order valence-corrected chi connectivity index (χ2v) is 9.28. The van der Waals surface area contributed by atoms with Gasteiger partial charge in [-0.2, -0.15) is 0 Å². The zero-order valence-electron chi connectivity index (χ0n) is 19.0. The maximum absolute atomic E-state index is 12.9. The maximum Gasteiger partial charge on any atom is 0.325 e. The molecule has 8 nitrogen and oxygen atoms in total. The number of hydrogen-bond acceptors (Lipinski definition) is 5. The molecule has 1 heterocycles. The van der Waals surface area contributed by atoms with Crippen molar-refractivity contribution in [3.05, 3.63) is 71.3 Å². The van der Waals surface area contributed by atoms with Crippen molar-refractivity contribution in [1.29, 1.82) is 0 Å². The van der Waals surface area contributed by atoms with E-state index in [-0.39, 0.29) is 5.78 Å². The van der Waals surface area contributed by atoms with E-state index in [1.54, 1.807) is 38.4 Å². The summed E-state index contributed by atoms with van der Waals surface area (Å²) in [6.07, 6.45) is 1.18. The molecule has 1 saturated heterocycles. The summed E-state index contributed by atoms with van der Waals surface area (Å²) in [5.74, 6) is -1.29. The minimum atomic E-state index is -1.14. The van der Waals surface area contributed by atoms with Gasteiger partial charge in [-0.3, -0.25) is 19.6 Å². The molecule has 3 rings (SSSR count). The lowest BCUT2D eigenvalue weighted by molar-refractivity contribution is -0.144. The molecule has 0 saturated carbocycles. The lowest BCUT2D eigenvalue weighted by Gasteiger charge is -2.34. The van der Waals surface area contributed by atoms with E-state index in [4.69, 9.17) is 5.21 Å². The van der Waals surface area contributed by atoms with Crippen LogP contribution in [-0.4, -0.2) is 45.8 Å². The Morgan fingerprint density at radius 3 is 2.24 bits per heavy atom. The third kappa shape index (κ3) is 5.64. The van der Waals surface area contributed by atoms with Gasteiger partial charge >= 0.3 is 6.03 Å². The predicted molar refractivity (Wildman–Crippen MR) is 122 cm³/mol. The van der Waals surface area contributed by atoms with E-state index in [2.05, 4.69) is 5.32 Å². The van der Waals surface area contributed by atoms with Crippen molar-refractivity contribution in [2.75, 3.05) is 0 Å². The van der Waals surface area contributed by atoms with Crippen LogP contribution < -0.4 is 10.8 Å². The van der Waals surface area contributed by atoms with E-state index in [0.717, 1.165) is 16.0 Å². The number of aryl methyl sites for hydroxylation is 1. The fourth-order valence-corrected chi connectivity index (χ4v) is 4.00. The number of urea groups is 1. The Balaban J connectivity index is 1.62. The van der Waals surface area contributed by atoms with E-state index in [1.807, 2.05) is 42.5 Å². The highest BCUT2D eigenvalue weighted by atomic mass is 16.5. The minimum Gasteiger partial charge on any atom is -0.326 e. The van der Waals surface area contributed by atoms with Gasteiger partial charge in [-0.25, -0.2) is 15.2 Å². The Labute approximate surface area is 192 Å². The van der Waals surface area contributed by atoms with Crippen LogP contribution in [0, 0.1) is 5.41 Å². The number of hydroxylamine groups is 1. The zero-order valence-corrected chi connectivity index (χ0v) is 19.0. The average Bonchev–Trinajstić information content (AvgIpc) is 3.05. The standard InChI is InChI=1S/C25H29N3O5/c1-25(2,3)21(22(30)27-33)28-23(31)19(26-24(28)32)14-11-16-9-12-18(13-10-16)20(29)15-17-7-5-4-6-8-17/h4-10,12-13,19,21,33H,11,14-15H2,1-3H3,(H,26,32)(H,27,30). The lowest BCUT2D eigenvalue weighted by atomic mass is 9.85. The molecular weight excluding hydrogens is 422 g/mol. The quantitative estimate of drug-likeness (QED) is 0.247. The van der Waals surface area contributed by atoms with Gasteiger partial charge in [-0.15, -0.1) is 0 Å². The van der Waals surface area contributed by atoms with E-state index in [0.29, 0.717) is 24.8 Å². The fraction of sp³-hybridized carbons (Fsp3) is 0.360. The van der Waals surface area contributed by atoms with Crippen molar-refractivity contribution in [2.24, 2.45) is 5.41 Å². The Bertz CT molecular complexity index is 1030. The predicted octanol–water partition coefficient (Wildman–Crippen LogP) is 2.89. The summed E-state index contributed by atoms with van der Waals surface area (Å²) in [6.45, 7) is 5.13. The van der Waals surface area contributed by atoms with Crippen LogP contribution in [0.1, 0.15) is 48.7 Å². The molecule has 0 radical (unpaired) electrons. The normalized spacial score (nSPS) is 17.0. The number of benzene rings is 2. The van der Waals surface area contributed by atoms with Crippen molar-refractivity contribution in [3.8, 4) is 0 Å². The number of nitrogens with zero attached hydrogens (tertiary/aromatic N) is 1. The van der Waals surface area contributed by atoms with E-state index >= 15 is 0 Å². The first-order valence-corrected chi connectivity index (χ1v) is 10.9. The fourth-order valence-electron chi connectivity index (χ4n) is 4.00. The molecule has 4 amide bonds. The van der Waals surface area contributed by atoms with Gasteiger partial charge in [-0.05, 0) is 29.4 Å². The number of amides is 4. The van der Waals surface area contributed by atoms with Gasteiger partial charge in [0.1, 0.15) is 12.1 Å². The van der Waals surface area contributed by atoms with Gasteiger partial charge in [-0.1, -0.05) is 75.4 Å². The Hall–Kier alpha value is -3.52. The second kappa shape index (κ2) is 9.95. The van der Waals surface area contributed by atoms with Crippen LogP contribution in [0.4, 0.5) is 4.79 Å². The smallest absolute Gasteiger partial charge is 0.325 e. The van der Waals surface area contributed by atoms with Gasteiger partial charge in [0.25, 0.3) is 11.8 Å². The van der Waals surface area contributed by atoms with Crippen molar-refractivity contribution < 1.29 is 24.4 Å². The second-order valence-electron chi connectivity index (χ2n) is 9.28. The first-order valence-electron chi connectivity index (χ1n) is 10.9. The molecule has 3 N–H and O–H groups in total. The number of imide groups is 1. The summed E-state index contributed by atoms with van der Waals surface area (Å²) in [4.78, 5) is 50.9. The molecule has 0 aliphatic carbocycles. The molecule has 2 aromatic rings. The van der Waals surface area contributed by atoms with Crippen LogP contribution in [0.25, 0.3) is 0 Å². The summed E-state index contributed by atoms with van der Waals surface area (Å²) in [5.41, 5.74) is 3.27. The number of ketones is 1. The molecule has 0 aromatic heterocycles. The Morgan fingerprint density at radius 1 is 1.03 bits per heavy atom. The van der Waals surface area contributed by atoms with Crippen LogP contribution in [0.3, 0.4) is 0 Å². The maximum atomic E-state index is 12.9. The largest absolute Gasteiger partial charge is 0.326 e. The topological polar surface area (TPSA) is 116 Å². The molecule has 0 spiro atoms. The molecule has 174 valence electrons. The molecule has 33 heavy (non-hydrogen) atoms. The van der Waals surface area contributed by atoms with Crippen LogP contribution in [0.2, 0.25) is 0 Å². The zero-order chi connectivity index (χ0) is 24.2. The van der Waals surface area contributed by atoms with Gasteiger partial charge in [0.05, 0.1) is 0 Å². The number of Topliss-reactive ketones (excluding diaryl/α,β-unsaturated/α-hetero) is 1. The minimum absolute atomic E-state index is 0.0250. The van der Waals surface area contributed by atoms with E-state index < -0.39 is 35.3 Å². The highest BCUT2D eigenvalue weighted by Crippen LogP contribution is 2.28. The lowest BCUT2D eigenvalue weighted by Crippen LogP contribution is -2.55. The first kappa shape index (κ1) is 24.1. The van der Waals surface area contributed by atoms with Crippen molar-refractivity contribution in [3.63, 3.8) is 0 Å². The molecule has 1 aliphatic rings. The van der Waals surface area contributed by atoms with Gasteiger partial charge in [0.15, 0.2) is 5.78 Å². The summed E-state index contributed by atoms with van der Waals surface area (Å²) in [7, 11) is 0. The number of nitrogens with one attached hydrogen (secondary N) is 2. The number of carbonyl (C=O) groups excluding carboxylic acids is 4. The number of rotatable bonds is 8. The molecule has 2 atom stereocenters. The molecule has 2 unspecified atom stereocenters. The van der Waals surface area contributed by atoms with Crippen LogP contribution in [0.15, 0.2) is 54.6 Å². The Kier molecular flexibility index (Phi) is 7.28. The van der Waals surface area contributed by atoms with Crippen molar-refractivity contribution >= 4 is 23.6 Å². The molecule has 2 aromatic carbocycles. The summed E-state index contributed by atoms with van der Waals surface area (Å²) < 4.78 is 0. The highest BCUT2D eigenvalue weighted by molar-refractivity contribution is 6.07. The van der Waals surface area contributed by atoms with E-state index in [9.17, 15) is 19.2 Å². The SMILES string of the molecule is CC(C)(C)C(C(=O)NO)N1C(=O)NC(CCc2ccc(C(=O)Cc3ccccc3)cc2)C1=O. The first-order chi connectivity index (χ1) is 15.6. The molecule has 0 bridgehead atoms. The van der Waals surface area contributed by atoms with Gasteiger partial charge in [0.2, 0.25) is 0 Å². The summed E-state index contributed by atoms with van der Waals surface area (Å²) >= 11 is 0. The van der Waals surface area contributed by atoms with Gasteiger partial charge < -0.3 is 5.32 Å². The van der Waals surface area contributed by atoms with Crippen LogP contribution >= 0.6 is 0 Å². The molecular formula is C25H29N3O5. The van der Waals surface area contributed by atoms with Gasteiger partial charge in [0, 0.05) is 12.0 Å². The summed E-state index contributed by atoms with van der Waals surface area (Å²) in [6, 6.07) is 14.2. The Morgan fingerprint density at radius 2 is 1.67 bits per heavy atom. The van der Waals surface area contributed by atoms with Crippen molar-refractivity contribution in [1.82, 2.24) is 15.7 Å². The van der Waals surface area contributed by atoms with Crippen molar-refractivity contribution in [2.45, 2.75) is 52.1 Å².